The van der Waals surface area contributed by atoms with Crippen LogP contribution in [0.3, 0.4) is 0 Å². The highest BCUT2D eigenvalue weighted by Gasteiger charge is 2.39. The van der Waals surface area contributed by atoms with Crippen molar-refractivity contribution in [1.82, 2.24) is 14.1 Å². The molecule has 0 spiro atoms. The predicted octanol–water partition coefficient (Wildman–Crippen LogP) is 3.51. The van der Waals surface area contributed by atoms with Crippen molar-refractivity contribution < 1.29 is 18.3 Å². The van der Waals surface area contributed by atoms with E-state index in [0.717, 1.165) is 18.5 Å². The van der Waals surface area contributed by atoms with E-state index in [1.54, 1.807) is 55.6 Å². The molecule has 1 atom stereocenters. The summed E-state index contributed by atoms with van der Waals surface area (Å²) in [5, 5.41) is 17.5. The fraction of sp³-hybridized carbons (Fsp3) is 0.448. The van der Waals surface area contributed by atoms with Gasteiger partial charge in [-0.25, -0.2) is 8.42 Å². The first kappa shape index (κ1) is 29.4. The van der Waals surface area contributed by atoms with Gasteiger partial charge in [-0.15, -0.1) is 0 Å². The summed E-state index contributed by atoms with van der Waals surface area (Å²) in [6.07, 6.45) is 3.20. The van der Waals surface area contributed by atoms with Crippen molar-refractivity contribution in [2.45, 2.75) is 38.5 Å². The van der Waals surface area contributed by atoms with Crippen LogP contribution in [0, 0.1) is 5.41 Å². The number of benzene rings is 2. The molecule has 1 aliphatic heterocycles. The Morgan fingerprint density at radius 1 is 1.12 bits per heavy atom. The van der Waals surface area contributed by atoms with E-state index in [1.165, 1.54) is 8.99 Å². The number of nitrogens with zero attached hydrogens (tertiary/aromatic N) is 4. The van der Waals surface area contributed by atoms with Crippen LogP contribution in [0.4, 0.5) is 11.4 Å². The highest BCUT2D eigenvalue weighted by molar-refractivity contribution is 7.88. The van der Waals surface area contributed by atoms with Crippen molar-refractivity contribution in [2.24, 2.45) is 5.41 Å². The molecule has 41 heavy (non-hydrogen) atoms. The zero-order chi connectivity index (χ0) is 29.2. The van der Waals surface area contributed by atoms with Gasteiger partial charge in [0.05, 0.1) is 30.3 Å². The number of nitrogens with one attached hydrogen (secondary N) is 1. The summed E-state index contributed by atoms with van der Waals surface area (Å²) in [5.74, 6) is 0.0902. The molecule has 2 heterocycles. The Morgan fingerprint density at radius 3 is 2.54 bits per heavy atom. The molecular weight excluding hydrogens is 566 g/mol. The van der Waals surface area contributed by atoms with Crippen LogP contribution < -0.4 is 20.5 Å². The fourth-order valence-electron chi connectivity index (χ4n) is 4.73. The Hall–Kier alpha value is -3.12. The molecule has 2 fully saturated rings. The lowest BCUT2D eigenvalue weighted by Gasteiger charge is -2.35. The van der Waals surface area contributed by atoms with Crippen molar-refractivity contribution >= 4 is 33.0 Å². The Kier molecular flexibility index (Phi) is 8.60. The fourth-order valence-corrected chi connectivity index (χ4v) is 6.42. The molecule has 2 N–H and O–H groups in total. The topological polar surface area (TPSA) is 117 Å². The molecule has 1 saturated carbocycles. The van der Waals surface area contributed by atoms with Crippen LogP contribution in [0.15, 0.2) is 59.5 Å². The second kappa shape index (κ2) is 12.0. The van der Waals surface area contributed by atoms with E-state index < -0.39 is 16.1 Å². The number of aromatic nitrogens is 2. The Balaban J connectivity index is 1.31. The molecule has 1 aromatic heterocycles. The number of rotatable bonds is 11. The maximum Gasteiger partial charge on any atom is 0.316 e. The molecule has 10 nitrogen and oxygen atoms in total. The minimum atomic E-state index is -3.57. The van der Waals surface area contributed by atoms with Crippen molar-refractivity contribution in [1.29, 1.82) is 0 Å². The molecule has 1 saturated heterocycles. The summed E-state index contributed by atoms with van der Waals surface area (Å²) in [5.41, 5.74) is 2.21. The van der Waals surface area contributed by atoms with Gasteiger partial charge in [0.1, 0.15) is 5.69 Å². The molecule has 0 amide bonds. The number of hydrogen-bond donors (Lipinski definition) is 2. The maximum absolute atomic E-state index is 13.6. The average Bonchev–Trinajstić information content (AvgIpc) is 3.68. The molecule has 0 radical (unpaired) electrons. The van der Waals surface area contributed by atoms with E-state index in [4.69, 9.17) is 16.3 Å². The van der Waals surface area contributed by atoms with Crippen LogP contribution >= 0.6 is 11.6 Å². The quantitative estimate of drug-likeness (QED) is 0.343. The van der Waals surface area contributed by atoms with E-state index in [0.29, 0.717) is 48.2 Å². The third-order valence-electron chi connectivity index (χ3n) is 7.49. The van der Waals surface area contributed by atoms with E-state index in [1.807, 2.05) is 11.0 Å². The second-order valence-electron chi connectivity index (χ2n) is 11.2. The normalized spacial score (nSPS) is 17.7. The van der Waals surface area contributed by atoms with Gasteiger partial charge in [0.25, 0.3) is 0 Å². The second-order valence-corrected chi connectivity index (χ2v) is 13.6. The minimum Gasteiger partial charge on any atom is -0.486 e. The van der Waals surface area contributed by atoms with Gasteiger partial charge in [-0.3, -0.25) is 4.79 Å². The lowest BCUT2D eigenvalue weighted by atomic mass is 10.2. The van der Waals surface area contributed by atoms with Gasteiger partial charge in [0, 0.05) is 48.8 Å². The Bertz CT molecular complexity index is 1550. The zero-order valence-electron chi connectivity index (χ0n) is 23.3. The minimum absolute atomic E-state index is 0.0593. The first-order valence-corrected chi connectivity index (χ1v) is 15.8. The van der Waals surface area contributed by atoms with Crippen LogP contribution in [0.2, 0.25) is 5.02 Å². The molecule has 220 valence electrons. The molecule has 1 unspecified atom stereocenters. The van der Waals surface area contributed by atoms with Crippen LogP contribution in [0.1, 0.15) is 32.3 Å². The van der Waals surface area contributed by atoms with Crippen LogP contribution in [0.25, 0.3) is 5.69 Å². The van der Waals surface area contributed by atoms with E-state index in [2.05, 4.69) is 17.3 Å². The Morgan fingerprint density at radius 2 is 1.85 bits per heavy atom. The summed E-state index contributed by atoms with van der Waals surface area (Å²) in [6.45, 7) is 5.95. The summed E-state index contributed by atoms with van der Waals surface area (Å²) in [4.78, 5) is 15.6. The van der Waals surface area contributed by atoms with Crippen molar-refractivity contribution in [3.05, 3.63) is 75.7 Å². The number of anilines is 2. The highest BCUT2D eigenvalue weighted by Crippen LogP contribution is 2.45. The summed E-state index contributed by atoms with van der Waals surface area (Å²) in [6, 6.07) is 14.1. The largest absolute Gasteiger partial charge is 0.486 e. The third kappa shape index (κ3) is 7.21. The highest BCUT2D eigenvalue weighted by atomic mass is 35.5. The van der Waals surface area contributed by atoms with Crippen molar-refractivity contribution in [3.63, 3.8) is 0 Å². The van der Waals surface area contributed by atoms with Crippen LogP contribution in [-0.4, -0.2) is 73.0 Å². The number of halogens is 1. The maximum atomic E-state index is 13.6. The molecule has 12 heteroatoms. The number of hydrogen-bond acceptors (Lipinski definition) is 8. The molecule has 2 aliphatic rings. The van der Waals surface area contributed by atoms with Crippen molar-refractivity contribution in [3.8, 4) is 11.4 Å². The van der Waals surface area contributed by atoms with Gasteiger partial charge in [-0.05, 0) is 55.7 Å². The predicted molar refractivity (Wildman–Crippen MR) is 161 cm³/mol. The first-order chi connectivity index (χ1) is 19.5. The van der Waals surface area contributed by atoms with E-state index in [9.17, 15) is 18.3 Å². The van der Waals surface area contributed by atoms with Crippen molar-refractivity contribution in [2.75, 3.05) is 49.5 Å². The number of ether oxygens (including phenoxy) is 1. The molecule has 5 rings (SSSR count). The van der Waals surface area contributed by atoms with Gasteiger partial charge in [-0.1, -0.05) is 36.7 Å². The molecule has 2 aromatic carbocycles. The van der Waals surface area contributed by atoms with Gasteiger partial charge in [-0.2, -0.15) is 14.1 Å². The van der Waals surface area contributed by atoms with E-state index in [-0.39, 0.29) is 35.6 Å². The van der Waals surface area contributed by atoms with E-state index >= 15 is 0 Å². The monoisotopic (exact) mass is 601 g/mol. The van der Waals surface area contributed by atoms with Crippen LogP contribution in [-0.2, 0) is 15.8 Å². The summed E-state index contributed by atoms with van der Waals surface area (Å²) < 4.78 is 35.5. The average molecular weight is 602 g/mol. The SMILES string of the molecule is CC(O)CNc1cccc(CS(=O)(=O)N2CCN(c3cnn(-c4cccc(Cl)c4)c(=O)c3OCC3(C)CC3)CC2)c1. The van der Waals surface area contributed by atoms with Crippen LogP contribution in [0.5, 0.6) is 5.75 Å². The lowest BCUT2D eigenvalue weighted by Crippen LogP contribution is -2.49. The molecule has 0 bridgehead atoms. The summed E-state index contributed by atoms with van der Waals surface area (Å²) >= 11 is 6.16. The van der Waals surface area contributed by atoms with Gasteiger partial charge < -0.3 is 20.1 Å². The smallest absolute Gasteiger partial charge is 0.316 e. The Labute approximate surface area is 245 Å². The standard InChI is InChI=1S/C29H36ClN5O5S/c1-21(36)17-31-24-7-3-5-22(15-24)19-41(38,39)34-13-11-33(12-14-34)26-18-32-35(25-8-4-6-23(30)16-25)28(37)27(26)40-20-29(2)9-10-29/h3-8,15-16,18,21,31,36H,9-14,17,19-20H2,1-2H3. The number of sulfonamides is 1. The zero-order valence-corrected chi connectivity index (χ0v) is 24.9. The van der Waals surface area contributed by atoms with Gasteiger partial charge >= 0.3 is 5.56 Å². The van der Waals surface area contributed by atoms with Gasteiger partial charge in [0.15, 0.2) is 0 Å². The molecule has 1 aliphatic carbocycles. The lowest BCUT2D eigenvalue weighted by molar-refractivity contribution is 0.208. The number of piperazine rings is 1. The third-order valence-corrected chi connectivity index (χ3v) is 9.57. The number of aliphatic hydroxyl groups is 1. The summed E-state index contributed by atoms with van der Waals surface area (Å²) in [7, 11) is -3.57. The molecular formula is C29H36ClN5O5S. The first-order valence-electron chi connectivity index (χ1n) is 13.8. The van der Waals surface area contributed by atoms with Gasteiger partial charge in [0.2, 0.25) is 15.8 Å². The number of aliphatic hydroxyl groups excluding tert-OH is 1. The molecule has 3 aromatic rings.